The molecule has 1 amide bonds. The topological polar surface area (TPSA) is 44.4 Å². The van der Waals surface area contributed by atoms with Crippen LogP contribution in [-0.4, -0.2) is 43.0 Å². The summed E-state index contributed by atoms with van der Waals surface area (Å²) in [4.78, 5) is 14.9. The number of carbonyl (C=O) groups excluding carboxylic acids is 1. The summed E-state index contributed by atoms with van der Waals surface area (Å²) in [6, 6.07) is 6.76. The van der Waals surface area contributed by atoms with E-state index in [4.69, 9.17) is 0 Å². The van der Waals surface area contributed by atoms with Crippen molar-refractivity contribution in [3.05, 3.63) is 35.6 Å². The molecule has 2 atom stereocenters. The van der Waals surface area contributed by atoms with Crippen LogP contribution in [0.5, 0.6) is 0 Å². The number of rotatable bonds is 5. The van der Waals surface area contributed by atoms with Gasteiger partial charge in [0.2, 0.25) is 5.91 Å². The number of hydrogen-bond donors (Lipinski definition) is 2. The highest BCUT2D eigenvalue weighted by Gasteiger charge is 2.34. The number of halogens is 1. The number of nitrogens with zero attached hydrogens (tertiary/aromatic N) is 1. The van der Waals surface area contributed by atoms with Gasteiger partial charge in [0.15, 0.2) is 0 Å². The molecule has 1 aliphatic heterocycles. The molecule has 2 aliphatic rings. The molecule has 2 unspecified atom stereocenters. The third-order valence-electron chi connectivity index (χ3n) is 4.58. The van der Waals surface area contributed by atoms with Gasteiger partial charge in [-0.15, -0.1) is 0 Å². The number of amides is 1. The van der Waals surface area contributed by atoms with Crippen LogP contribution < -0.4 is 10.6 Å². The smallest absolute Gasteiger partial charge is 0.242 e. The lowest BCUT2D eigenvalue weighted by atomic mass is 9.98. The molecule has 0 bridgehead atoms. The summed E-state index contributed by atoms with van der Waals surface area (Å²) >= 11 is 0. The fourth-order valence-electron chi connectivity index (χ4n) is 3.16. The van der Waals surface area contributed by atoms with Crippen LogP contribution in [0.2, 0.25) is 0 Å². The van der Waals surface area contributed by atoms with Gasteiger partial charge < -0.3 is 10.6 Å². The van der Waals surface area contributed by atoms with Crippen molar-refractivity contribution < 1.29 is 9.18 Å². The van der Waals surface area contributed by atoms with E-state index < -0.39 is 0 Å². The minimum absolute atomic E-state index is 0.0471. The average Bonchev–Trinajstić information content (AvgIpc) is 3.34. The van der Waals surface area contributed by atoms with E-state index in [1.54, 1.807) is 12.1 Å². The zero-order chi connectivity index (χ0) is 15.5. The minimum atomic E-state index is -0.322. The van der Waals surface area contributed by atoms with Gasteiger partial charge in [0.05, 0.1) is 0 Å². The molecule has 0 aromatic heterocycles. The summed E-state index contributed by atoms with van der Waals surface area (Å²) in [5.41, 5.74) is 0.872. The van der Waals surface area contributed by atoms with Crippen LogP contribution in [-0.2, 0) is 4.79 Å². The summed E-state index contributed by atoms with van der Waals surface area (Å²) in [6.45, 7) is 1.74. The van der Waals surface area contributed by atoms with Crippen molar-refractivity contribution in [3.8, 4) is 0 Å². The Morgan fingerprint density at radius 1 is 1.23 bits per heavy atom. The van der Waals surface area contributed by atoms with Gasteiger partial charge in [-0.2, -0.15) is 0 Å². The summed E-state index contributed by atoms with van der Waals surface area (Å²) in [7, 11) is 1.96. The number of likely N-dealkylation sites (tertiary alicyclic amines) is 1. The number of piperidine rings is 1. The predicted molar refractivity (Wildman–Crippen MR) is 84.0 cm³/mol. The first kappa shape index (κ1) is 15.4. The number of likely N-dealkylation sites (N-methyl/N-ethyl adjacent to an activating group) is 1. The molecular weight excluding hydrogens is 281 g/mol. The second-order valence-electron chi connectivity index (χ2n) is 6.36. The Morgan fingerprint density at radius 3 is 2.59 bits per heavy atom. The van der Waals surface area contributed by atoms with Gasteiger partial charge in [0, 0.05) is 18.6 Å². The van der Waals surface area contributed by atoms with E-state index in [1.165, 1.54) is 12.1 Å². The molecule has 22 heavy (non-hydrogen) atoms. The van der Waals surface area contributed by atoms with Crippen molar-refractivity contribution in [3.63, 3.8) is 0 Å². The zero-order valence-electron chi connectivity index (χ0n) is 13.0. The van der Waals surface area contributed by atoms with E-state index >= 15 is 0 Å². The molecular formula is C17H24FN3O. The van der Waals surface area contributed by atoms with Crippen molar-refractivity contribution >= 4 is 5.91 Å². The molecule has 2 fully saturated rings. The second kappa shape index (κ2) is 6.75. The van der Waals surface area contributed by atoms with E-state index in [9.17, 15) is 9.18 Å². The normalized spacial score (nSPS) is 24.0. The SMILES string of the molecule is CNC1CCCN(C(C(=O)NC2CC2)c2ccc(F)cc2)C1. The Morgan fingerprint density at radius 2 is 1.95 bits per heavy atom. The van der Waals surface area contributed by atoms with Crippen molar-refractivity contribution in [2.24, 2.45) is 0 Å². The maximum atomic E-state index is 13.2. The van der Waals surface area contributed by atoms with Crippen LogP contribution in [0.25, 0.3) is 0 Å². The highest BCUT2D eigenvalue weighted by atomic mass is 19.1. The first-order valence-electron chi connectivity index (χ1n) is 8.14. The summed E-state index contributed by atoms with van der Waals surface area (Å²) < 4.78 is 13.2. The van der Waals surface area contributed by atoms with Crippen LogP contribution in [0.3, 0.4) is 0 Å². The standard InChI is InChI=1S/C17H24FN3O/c1-19-15-3-2-10-21(11-15)16(17(22)20-14-8-9-14)12-4-6-13(18)7-5-12/h4-7,14-16,19H,2-3,8-11H2,1H3,(H,20,22). The first-order chi connectivity index (χ1) is 10.7. The quantitative estimate of drug-likeness (QED) is 0.872. The fourth-order valence-corrected chi connectivity index (χ4v) is 3.16. The second-order valence-corrected chi connectivity index (χ2v) is 6.36. The van der Waals surface area contributed by atoms with Crippen LogP contribution >= 0.6 is 0 Å². The molecule has 1 aromatic carbocycles. The third kappa shape index (κ3) is 3.65. The Hall–Kier alpha value is -1.46. The predicted octanol–water partition coefficient (Wildman–Crippen LogP) is 1.83. The van der Waals surface area contributed by atoms with E-state index in [1.807, 2.05) is 7.05 Å². The van der Waals surface area contributed by atoms with E-state index in [0.29, 0.717) is 12.1 Å². The van der Waals surface area contributed by atoms with Crippen LogP contribution in [0.1, 0.15) is 37.3 Å². The largest absolute Gasteiger partial charge is 0.352 e. The van der Waals surface area contributed by atoms with Crippen molar-refractivity contribution in [1.29, 1.82) is 0 Å². The van der Waals surface area contributed by atoms with E-state index in [2.05, 4.69) is 15.5 Å². The number of hydrogen-bond acceptors (Lipinski definition) is 3. The highest BCUT2D eigenvalue weighted by molar-refractivity contribution is 5.83. The molecule has 120 valence electrons. The molecule has 3 rings (SSSR count). The zero-order valence-corrected chi connectivity index (χ0v) is 13.0. The molecule has 1 heterocycles. The highest BCUT2D eigenvalue weighted by Crippen LogP contribution is 2.27. The van der Waals surface area contributed by atoms with Crippen LogP contribution in [0, 0.1) is 5.82 Å². The molecule has 5 heteroatoms. The van der Waals surface area contributed by atoms with Crippen LogP contribution in [0.15, 0.2) is 24.3 Å². The maximum Gasteiger partial charge on any atom is 0.242 e. The first-order valence-corrected chi connectivity index (χ1v) is 8.14. The molecule has 1 saturated carbocycles. The molecule has 1 aliphatic carbocycles. The van der Waals surface area contributed by atoms with Crippen LogP contribution in [0.4, 0.5) is 4.39 Å². The van der Waals surface area contributed by atoms with E-state index in [-0.39, 0.29) is 17.8 Å². The van der Waals surface area contributed by atoms with E-state index in [0.717, 1.165) is 44.3 Å². The van der Waals surface area contributed by atoms with Gasteiger partial charge in [-0.1, -0.05) is 12.1 Å². The van der Waals surface area contributed by atoms with Gasteiger partial charge in [0.25, 0.3) is 0 Å². The summed E-state index contributed by atoms with van der Waals surface area (Å²) in [5, 5.41) is 6.41. The minimum Gasteiger partial charge on any atom is -0.352 e. The van der Waals surface area contributed by atoms with Gasteiger partial charge in [-0.05, 0) is 57.0 Å². The Balaban J connectivity index is 1.81. The number of nitrogens with one attached hydrogen (secondary N) is 2. The van der Waals surface area contributed by atoms with Gasteiger partial charge >= 0.3 is 0 Å². The number of benzene rings is 1. The molecule has 4 nitrogen and oxygen atoms in total. The maximum absolute atomic E-state index is 13.2. The lowest BCUT2D eigenvalue weighted by Gasteiger charge is -2.37. The third-order valence-corrected chi connectivity index (χ3v) is 4.58. The fraction of sp³-hybridized carbons (Fsp3) is 0.588. The lowest BCUT2D eigenvalue weighted by Crippen LogP contribution is -2.50. The van der Waals surface area contributed by atoms with Crippen molar-refractivity contribution in [2.45, 2.75) is 43.8 Å². The molecule has 1 saturated heterocycles. The molecule has 2 N–H and O–H groups in total. The summed E-state index contributed by atoms with van der Waals surface area (Å²) in [5.74, 6) is -0.220. The Kier molecular flexibility index (Phi) is 4.74. The molecule has 0 radical (unpaired) electrons. The Labute approximate surface area is 131 Å². The average molecular weight is 305 g/mol. The van der Waals surface area contributed by atoms with Crippen molar-refractivity contribution in [1.82, 2.24) is 15.5 Å². The number of carbonyl (C=O) groups is 1. The summed E-state index contributed by atoms with van der Waals surface area (Å²) in [6.07, 6.45) is 4.34. The van der Waals surface area contributed by atoms with Gasteiger partial charge in [-0.3, -0.25) is 9.69 Å². The molecule has 1 aromatic rings. The lowest BCUT2D eigenvalue weighted by molar-refractivity contribution is -0.127. The van der Waals surface area contributed by atoms with Gasteiger partial charge in [0.1, 0.15) is 11.9 Å². The van der Waals surface area contributed by atoms with Crippen molar-refractivity contribution in [2.75, 3.05) is 20.1 Å². The Bertz CT molecular complexity index is 515. The van der Waals surface area contributed by atoms with Gasteiger partial charge in [-0.25, -0.2) is 4.39 Å². The monoisotopic (exact) mass is 305 g/mol. The molecule has 0 spiro atoms.